The Morgan fingerprint density at radius 3 is 3.00 bits per heavy atom. The van der Waals surface area contributed by atoms with E-state index in [0.717, 1.165) is 17.6 Å². The molecule has 0 aliphatic rings. The molecule has 0 unspecified atom stereocenters. The summed E-state index contributed by atoms with van der Waals surface area (Å²) in [6, 6.07) is 10.0. The Labute approximate surface area is 123 Å². The molecule has 0 saturated heterocycles. The van der Waals surface area contributed by atoms with E-state index < -0.39 is 0 Å². The second-order valence-corrected chi connectivity index (χ2v) is 5.12. The number of hydrogen-bond acceptors (Lipinski definition) is 2. The van der Waals surface area contributed by atoms with Crippen molar-refractivity contribution in [3.05, 3.63) is 54.0 Å². The van der Waals surface area contributed by atoms with Crippen molar-refractivity contribution in [3.8, 4) is 0 Å². The summed E-state index contributed by atoms with van der Waals surface area (Å²) in [4.78, 5) is 15.1. The van der Waals surface area contributed by atoms with Crippen molar-refractivity contribution in [1.82, 2.24) is 20.1 Å². The summed E-state index contributed by atoms with van der Waals surface area (Å²) in [5, 5.41) is 8.32. The van der Waals surface area contributed by atoms with Gasteiger partial charge in [0.25, 0.3) is 0 Å². The molecule has 2 heterocycles. The zero-order valence-corrected chi connectivity index (χ0v) is 12.0. The van der Waals surface area contributed by atoms with E-state index in [9.17, 15) is 4.79 Å². The second-order valence-electron chi connectivity index (χ2n) is 5.12. The summed E-state index contributed by atoms with van der Waals surface area (Å²) < 4.78 is 1.73. The largest absolute Gasteiger partial charge is 0.361 e. The average molecular weight is 282 g/mol. The van der Waals surface area contributed by atoms with Gasteiger partial charge in [0.15, 0.2) is 0 Å². The van der Waals surface area contributed by atoms with Crippen LogP contribution in [0.25, 0.3) is 10.9 Å². The molecular formula is C16H18N4O. The highest BCUT2D eigenvalue weighted by molar-refractivity contribution is 5.84. The van der Waals surface area contributed by atoms with Crippen LogP contribution >= 0.6 is 0 Å². The number of nitrogens with zero attached hydrogens (tertiary/aromatic N) is 2. The lowest BCUT2D eigenvalue weighted by Crippen LogP contribution is -2.23. The van der Waals surface area contributed by atoms with Crippen molar-refractivity contribution in [2.24, 2.45) is 7.05 Å². The Bertz CT molecular complexity index is 756. The molecule has 0 spiro atoms. The van der Waals surface area contributed by atoms with Crippen LogP contribution in [0.3, 0.4) is 0 Å². The van der Waals surface area contributed by atoms with E-state index in [2.05, 4.69) is 21.5 Å². The summed E-state index contributed by atoms with van der Waals surface area (Å²) in [5.74, 6) is 0.0472. The van der Waals surface area contributed by atoms with Crippen LogP contribution in [0.15, 0.2) is 42.7 Å². The minimum atomic E-state index is 0.0472. The van der Waals surface area contributed by atoms with Crippen LogP contribution in [0, 0.1) is 0 Å². The molecule has 1 amide bonds. The first kappa shape index (κ1) is 13.4. The van der Waals surface area contributed by atoms with Crippen LogP contribution in [0.1, 0.15) is 17.7 Å². The smallest absolute Gasteiger partial charge is 0.220 e. The number of nitrogens with one attached hydrogen (secondary N) is 2. The van der Waals surface area contributed by atoms with Gasteiger partial charge in [0.05, 0.1) is 12.2 Å². The zero-order chi connectivity index (χ0) is 14.7. The maximum absolute atomic E-state index is 11.9. The van der Waals surface area contributed by atoms with E-state index in [1.54, 1.807) is 4.68 Å². The van der Waals surface area contributed by atoms with Gasteiger partial charge in [-0.25, -0.2) is 0 Å². The fourth-order valence-corrected chi connectivity index (χ4v) is 2.42. The average Bonchev–Trinajstić information content (AvgIpc) is 3.09. The molecular weight excluding hydrogens is 264 g/mol. The van der Waals surface area contributed by atoms with Gasteiger partial charge in [0.1, 0.15) is 0 Å². The maximum atomic E-state index is 11.9. The number of carbonyl (C=O) groups is 1. The minimum absolute atomic E-state index is 0.0472. The first-order valence-electron chi connectivity index (χ1n) is 7.02. The molecule has 1 aromatic carbocycles. The normalized spacial score (nSPS) is 10.9. The summed E-state index contributed by atoms with van der Waals surface area (Å²) in [5.41, 5.74) is 3.16. The quantitative estimate of drug-likeness (QED) is 0.753. The van der Waals surface area contributed by atoms with E-state index in [1.165, 1.54) is 10.9 Å². The molecule has 5 heteroatoms. The predicted molar refractivity (Wildman–Crippen MR) is 81.7 cm³/mol. The monoisotopic (exact) mass is 282 g/mol. The van der Waals surface area contributed by atoms with Crippen molar-refractivity contribution >= 4 is 16.8 Å². The number of fused-ring (bicyclic) bond motifs is 1. The molecule has 2 aromatic heterocycles. The van der Waals surface area contributed by atoms with Gasteiger partial charge in [-0.15, -0.1) is 0 Å². The third-order valence-corrected chi connectivity index (χ3v) is 3.53. The highest BCUT2D eigenvalue weighted by Gasteiger charge is 2.07. The van der Waals surface area contributed by atoms with Crippen molar-refractivity contribution < 1.29 is 4.79 Å². The molecule has 3 aromatic rings. The van der Waals surface area contributed by atoms with E-state index in [0.29, 0.717) is 13.0 Å². The lowest BCUT2D eigenvalue weighted by molar-refractivity contribution is -0.121. The van der Waals surface area contributed by atoms with Gasteiger partial charge in [-0.05, 0) is 24.1 Å². The maximum Gasteiger partial charge on any atom is 0.220 e. The number of amides is 1. The standard InChI is InChI=1S/C16H18N4O/c1-20-9-8-13(19-20)11-18-16(21)7-6-12-10-17-15-5-3-2-4-14(12)15/h2-5,8-10,17H,6-7,11H2,1H3,(H,18,21). The van der Waals surface area contributed by atoms with Crippen molar-refractivity contribution in [3.63, 3.8) is 0 Å². The van der Waals surface area contributed by atoms with Gasteiger partial charge in [-0.2, -0.15) is 5.10 Å². The van der Waals surface area contributed by atoms with Gasteiger partial charge >= 0.3 is 0 Å². The van der Waals surface area contributed by atoms with E-state index in [1.807, 2.05) is 43.7 Å². The molecule has 0 fully saturated rings. The Kier molecular flexibility index (Phi) is 3.73. The molecule has 0 saturated carbocycles. The number of H-pyrrole nitrogens is 1. The lowest BCUT2D eigenvalue weighted by Gasteiger charge is -2.03. The van der Waals surface area contributed by atoms with Crippen LogP contribution in [0.4, 0.5) is 0 Å². The first-order chi connectivity index (χ1) is 10.2. The van der Waals surface area contributed by atoms with Crippen LogP contribution in [0.2, 0.25) is 0 Å². The molecule has 21 heavy (non-hydrogen) atoms. The summed E-state index contributed by atoms with van der Waals surface area (Å²) in [7, 11) is 1.86. The Hall–Kier alpha value is -2.56. The molecule has 0 aliphatic heterocycles. The van der Waals surface area contributed by atoms with Crippen LogP contribution in [-0.4, -0.2) is 20.7 Å². The number of aromatic amines is 1. The number of hydrogen-bond donors (Lipinski definition) is 2. The van der Waals surface area contributed by atoms with Gasteiger partial charge in [-0.3, -0.25) is 9.48 Å². The molecule has 108 valence electrons. The minimum Gasteiger partial charge on any atom is -0.361 e. The van der Waals surface area contributed by atoms with Gasteiger partial charge in [-0.1, -0.05) is 18.2 Å². The number of carbonyl (C=O) groups excluding carboxylic acids is 1. The third-order valence-electron chi connectivity index (χ3n) is 3.53. The number of para-hydroxylation sites is 1. The fourth-order valence-electron chi connectivity index (χ4n) is 2.42. The third kappa shape index (κ3) is 3.13. The van der Waals surface area contributed by atoms with E-state index >= 15 is 0 Å². The highest BCUT2D eigenvalue weighted by Crippen LogP contribution is 2.18. The van der Waals surface area contributed by atoms with Gasteiger partial charge in [0.2, 0.25) is 5.91 Å². The zero-order valence-electron chi connectivity index (χ0n) is 12.0. The summed E-state index contributed by atoms with van der Waals surface area (Å²) in [6.07, 6.45) is 5.07. The van der Waals surface area contributed by atoms with Crippen molar-refractivity contribution in [2.45, 2.75) is 19.4 Å². The SMILES string of the molecule is Cn1ccc(CNC(=O)CCc2c[nH]c3ccccc23)n1. The van der Waals surface area contributed by atoms with Crippen LogP contribution < -0.4 is 5.32 Å². The Balaban J connectivity index is 1.54. The van der Waals surface area contributed by atoms with Crippen LogP contribution in [0.5, 0.6) is 0 Å². The highest BCUT2D eigenvalue weighted by atomic mass is 16.1. The van der Waals surface area contributed by atoms with Crippen LogP contribution in [-0.2, 0) is 24.8 Å². The molecule has 0 bridgehead atoms. The molecule has 2 N–H and O–H groups in total. The number of aryl methyl sites for hydroxylation is 2. The van der Waals surface area contributed by atoms with Gasteiger partial charge in [0, 0.05) is 36.8 Å². The van der Waals surface area contributed by atoms with Crippen molar-refractivity contribution in [1.29, 1.82) is 0 Å². The molecule has 0 radical (unpaired) electrons. The molecule has 0 aliphatic carbocycles. The van der Waals surface area contributed by atoms with Gasteiger partial charge < -0.3 is 10.3 Å². The second kappa shape index (κ2) is 5.83. The molecule has 0 atom stereocenters. The number of aromatic nitrogens is 3. The fraction of sp³-hybridized carbons (Fsp3) is 0.250. The Morgan fingerprint density at radius 1 is 1.33 bits per heavy atom. The molecule has 5 nitrogen and oxygen atoms in total. The predicted octanol–water partition coefficient (Wildman–Crippen LogP) is 2.15. The van der Waals surface area contributed by atoms with Crippen molar-refractivity contribution in [2.75, 3.05) is 0 Å². The Morgan fingerprint density at radius 2 is 2.19 bits per heavy atom. The molecule has 3 rings (SSSR count). The lowest BCUT2D eigenvalue weighted by atomic mass is 10.1. The summed E-state index contributed by atoms with van der Waals surface area (Å²) in [6.45, 7) is 0.480. The topological polar surface area (TPSA) is 62.7 Å². The van der Waals surface area contributed by atoms with E-state index in [4.69, 9.17) is 0 Å². The number of benzene rings is 1. The first-order valence-corrected chi connectivity index (χ1v) is 7.02. The number of rotatable bonds is 5. The summed E-state index contributed by atoms with van der Waals surface area (Å²) >= 11 is 0. The van der Waals surface area contributed by atoms with E-state index in [-0.39, 0.29) is 5.91 Å².